The summed E-state index contributed by atoms with van der Waals surface area (Å²) < 4.78 is 0. The number of benzene rings is 1. The van der Waals surface area contributed by atoms with Gasteiger partial charge in [-0.2, -0.15) is 0 Å². The standard InChI is InChI=1S/C14H16N2/c1-2-4-12-11(3-1)15-13(16-12)14-7-5-10(9-14)6-8-14/h1-4,10H,5-9H2,(H,15,16). The van der Waals surface area contributed by atoms with Gasteiger partial charge in [-0.25, -0.2) is 4.98 Å². The molecule has 1 aromatic heterocycles. The fraction of sp³-hybridized carbons (Fsp3) is 0.500. The number of fused-ring (bicyclic) bond motifs is 3. The summed E-state index contributed by atoms with van der Waals surface area (Å²) in [6.45, 7) is 0. The monoisotopic (exact) mass is 212 g/mol. The van der Waals surface area contributed by atoms with Gasteiger partial charge in [0.2, 0.25) is 0 Å². The third-order valence-corrected chi connectivity index (χ3v) is 4.63. The van der Waals surface area contributed by atoms with Crippen molar-refractivity contribution in [2.75, 3.05) is 0 Å². The predicted molar refractivity (Wildman–Crippen MR) is 64.3 cm³/mol. The molecule has 2 bridgehead atoms. The van der Waals surface area contributed by atoms with Crippen molar-refractivity contribution >= 4 is 11.0 Å². The number of rotatable bonds is 1. The topological polar surface area (TPSA) is 28.7 Å². The second-order valence-electron chi connectivity index (χ2n) is 5.53. The zero-order valence-electron chi connectivity index (χ0n) is 9.37. The Morgan fingerprint density at radius 1 is 1.19 bits per heavy atom. The summed E-state index contributed by atoms with van der Waals surface area (Å²) in [7, 11) is 0. The molecule has 1 heterocycles. The van der Waals surface area contributed by atoms with E-state index in [0.29, 0.717) is 5.41 Å². The first kappa shape index (κ1) is 8.80. The van der Waals surface area contributed by atoms with Crippen LogP contribution in [0.1, 0.15) is 37.9 Å². The van der Waals surface area contributed by atoms with E-state index in [2.05, 4.69) is 29.2 Å². The van der Waals surface area contributed by atoms with E-state index in [4.69, 9.17) is 4.98 Å². The molecule has 0 spiro atoms. The van der Waals surface area contributed by atoms with Crippen LogP contribution in [0.5, 0.6) is 0 Å². The van der Waals surface area contributed by atoms with E-state index in [9.17, 15) is 0 Å². The quantitative estimate of drug-likeness (QED) is 0.771. The average Bonchev–Trinajstić information content (AvgIpc) is 3.03. The van der Waals surface area contributed by atoms with Crippen molar-refractivity contribution in [2.24, 2.45) is 5.92 Å². The van der Waals surface area contributed by atoms with Gasteiger partial charge in [0, 0.05) is 5.41 Å². The van der Waals surface area contributed by atoms with Crippen LogP contribution in [0.15, 0.2) is 24.3 Å². The molecule has 0 radical (unpaired) electrons. The second kappa shape index (κ2) is 2.88. The highest BCUT2D eigenvalue weighted by atomic mass is 14.9. The summed E-state index contributed by atoms with van der Waals surface area (Å²) in [5.74, 6) is 2.24. The molecular formula is C14H16N2. The number of nitrogens with one attached hydrogen (secondary N) is 1. The van der Waals surface area contributed by atoms with Gasteiger partial charge in [0.15, 0.2) is 0 Å². The number of aromatic nitrogens is 2. The number of para-hydroxylation sites is 2. The van der Waals surface area contributed by atoms with Gasteiger partial charge in [-0.1, -0.05) is 12.1 Å². The summed E-state index contributed by atoms with van der Waals surface area (Å²) in [4.78, 5) is 8.35. The van der Waals surface area contributed by atoms with E-state index in [1.54, 1.807) is 0 Å². The van der Waals surface area contributed by atoms with Crippen LogP contribution in [-0.2, 0) is 5.41 Å². The summed E-state index contributed by atoms with van der Waals surface area (Å²) in [6, 6.07) is 8.38. The molecule has 0 saturated heterocycles. The van der Waals surface area contributed by atoms with Crippen LogP contribution in [-0.4, -0.2) is 9.97 Å². The maximum absolute atomic E-state index is 4.81. The summed E-state index contributed by atoms with van der Waals surface area (Å²) in [5, 5.41) is 0. The minimum absolute atomic E-state index is 0.406. The lowest BCUT2D eigenvalue weighted by atomic mass is 9.83. The molecule has 1 aromatic carbocycles. The van der Waals surface area contributed by atoms with Crippen molar-refractivity contribution in [3.8, 4) is 0 Å². The smallest absolute Gasteiger partial charge is 0.113 e. The van der Waals surface area contributed by atoms with Crippen molar-refractivity contribution in [1.29, 1.82) is 0 Å². The Balaban J connectivity index is 1.87. The minimum Gasteiger partial charge on any atom is -0.342 e. The number of hydrogen-bond donors (Lipinski definition) is 1. The van der Waals surface area contributed by atoms with Gasteiger partial charge in [0.1, 0.15) is 5.82 Å². The molecule has 2 nitrogen and oxygen atoms in total. The lowest BCUT2D eigenvalue weighted by Gasteiger charge is -2.23. The van der Waals surface area contributed by atoms with Gasteiger partial charge >= 0.3 is 0 Å². The highest BCUT2D eigenvalue weighted by molar-refractivity contribution is 5.75. The second-order valence-corrected chi connectivity index (χ2v) is 5.53. The first-order valence-electron chi connectivity index (χ1n) is 6.31. The SMILES string of the molecule is c1ccc2[nH]c(C34CCC(CC3)C4)nc2c1. The third kappa shape index (κ3) is 1.05. The molecule has 1 N–H and O–H groups in total. The Bertz CT molecular complexity index is 499. The molecule has 0 atom stereocenters. The molecule has 4 rings (SSSR count). The van der Waals surface area contributed by atoms with Crippen LogP contribution >= 0.6 is 0 Å². The largest absolute Gasteiger partial charge is 0.342 e. The van der Waals surface area contributed by atoms with Crippen molar-refractivity contribution in [2.45, 2.75) is 37.5 Å². The maximum Gasteiger partial charge on any atom is 0.113 e. The first-order chi connectivity index (χ1) is 7.86. The molecule has 2 aliphatic carbocycles. The van der Waals surface area contributed by atoms with Crippen LogP contribution in [0, 0.1) is 5.92 Å². The summed E-state index contributed by atoms with van der Waals surface area (Å²) in [5.41, 5.74) is 2.73. The Kier molecular flexibility index (Phi) is 1.58. The molecular weight excluding hydrogens is 196 g/mol. The molecule has 2 saturated carbocycles. The molecule has 0 amide bonds. The number of aromatic amines is 1. The Morgan fingerprint density at radius 2 is 2.00 bits per heavy atom. The number of imidazole rings is 1. The van der Waals surface area contributed by atoms with Crippen molar-refractivity contribution in [3.05, 3.63) is 30.1 Å². The predicted octanol–water partition coefficient (Wildman–Crippen LogP) is 3.39. The number of hydrogen-bond acceptors (Lipinski definition) is 1. The van der Waals surface area contributed by atoms with Gasteiger partial charge in [-0.05, 0) is 50.2 Å². The minimum atomic E-state index is 0.406. The molecule has 0 unspecified atom stereocenters. The van der Waals surface area contributed by atoms with E-state index in [-0.39, 0.29) is 0 Å². The molecule has 16 heavy (non-hydrogen) atoms. The van der Waals surface area contributed by atoms with Crippen LogP contribution in [0.3, 0.4) is 0 Å². The first-order valence-corrected chi connectivity index (χ1v) is 6.31. The fourth-order valence-electron chi connectivity index (χ4n) is 3.73. The molecule has 0 aliphatic heterocycles. The lowest BCUT2D eigenvalue weighted by molar-refractivity contribution is 0.402. The van der Waals surface area contributed by atoms with Gasteiger partial charge in [-0.3, -0.25) is 0 Å². The summed E-state index contributed by atoms with van der Waals surface area (Å²) in [6.07, 6.45) is 6.88. The van der Waals surface area contributed by atoms with E-state index in [1.165, 1.54) is 43.4 Å². The normalized spacial score (nSPS) is 32.6. The Hall–Kier alpha value is -1.31. The van der Waals surface area contributed by atoms with Gasteiger partial charge in [0.05, 0.1) is 11.0 Å². The lowest BCUT2D eigenvalue weighted by Crippen LogP contribution is -2.21. The zero-order valence-corrected chi connectivity index (χ0v) is 9.37. The van der Waals surface area contributed by atoms with Crippen LogP contribution in [0.2, 0.25) is 0 Å². The molecule has 82 valence electrons. The van der Waals surface area contributed by atoms with Gasteiger partial charge in [-0.15, -0.1) is 0 Å². The maximum atomic E-state index is 4.81. The number of nitrogens with zero attached hydrogens (tertiary/aromatic N) is 1. The van der Waals surface area contributed by atoms with Crippen molar-refractivity contribution in [3.63, 3.8) is 0 Å². The molecule has 2 heteroatoms. The summed E-state index contributed by atoms with van der Waals surface area (Å²) >= 11 is 0. The number of H-pyrrole nitrogens is 1. The van der Waals surface area contributed by atoms with Crippen molar-refractivity contribution in [1.82, 2.24) is 9.97 Å². The van der Waals surface area contributed by atoms with E-state index in [0.717, 1.165) is 11.4 Å². The Morgan fingerprint density at radius 3 is 2.69 bits per heavy atom. The van der Waals surface area contributed by atoms with Gasteiger partial charge in [0.25, 0.3) is 0 Å². The molecule has 2 aliphatic rings. The Labute approximate surface area is 95.1 Å². The van der Waals surface area contributed by atoms with Crippen molar-refractivity contribution < 1.29 is 0 Å². The van der Waals surface area contributed by atoms with E-state index >= 15 is 0 Å². The van der Waals surface area contributed by atoms with Crippen LogP contribution in [0.25, 0.3) is 11.0 Å². The molecule has 2 aromatic rings. The average molecular weight is 212 g/mol. The highest BCUT2D eigenvalue weighted by Crippen LogP contribution is 2.54. The zero-order chi connectivity index (χ0) is 10.6. The van der Waals surface area contributed by atoms with Crippen LogP contribution < -0.4 is 0 Å². The highest BCUT2D eigenvalue weighted by Gasteiger charge is 2.47. The fourth-order valence-corrected chi connectivity index (χ4v) is 3.73. The van der Waals surface area contributed by atoms with E-state index in [1.807, 2.05) is 0 Å². The van der Waals surface area contributed by atoms with E-state index < -0.39 is 0 Å². The third-order valence-electron chi connectivity index (χ3n) is 4.63. The van der Waals surface area contributed by atoms with Crippen LogP contribution in [0.4, 0.5) is 0 Å². The molecule has 2 fully saturated rings. The van der Waals surface area contributed by atoms with Gasteiger partial charge < -0.3 is 4.98 Å².